The molecule has 0 aliphatic heterocycles. The Morgan fingerprint density at radius 1 is 1.14 bits per heavy atom. The average Bonchev–Trinajstić information content (AvgIpc) is 2.71. The lowest BCUT2D eigenvalue weighted by Crippen LogP contribution is -2.16. The number of amides is 1. The maximum atomic E-state index is 13.0. The molecule has 1 unspecified atom stereocenters. The van der Waals surface area contributed by atoms with E-state index in [9.17, 15) is 14.7 Å². The van der Waals surface area contributed by atoms with E-state index in [1.54, 1.807) is 26.0 Å². The standard InChI is InChI=1S/C23H25N3O3/c1-13(11-24)16-7-9-17(10-8-16)20-21(18-5-4-6-19(28)14(18)2)22(25-12-27)15(3)26-23(20)29/h4-10,12-13,28H,11,24H2,1-3H3,(H,25,27)(H,26,29). The number of nitrogens with two attached hydrogens (primary N) is 1. The Morgan fingerprint density at radius 2 is 1.83 bits per heavy atom. The lowest BCUT2D eigenvalue weighted by Gasteiger charge is -2.19. The Morgan fingerprint density at radius 3 is 2.45 bits per heavy atom. The van der Waals surface area contributed by atoms with Gasteiger partial charge in [-0.2, -0.15) is 0 Å². The van der Waals surface area contributed by atoms with E-state index in [0.29, 0.717) is 52.2 Å². The van der Waals surface area contributed by atoms with Gasteiger partial charge < -0.3 is 21.1 Å². The van der Waals surface area contributed by atoms with Crippen molar-refractivity contribution in [2.75, 3.05) is 11.9 Å². The lowest BCUT2D eigenvalue weighted by molar-refractivity contribution is -0.105. The summed E-state index contributed by atoms with van der Waals surface area (Å²) in [6, 6.07) is 12.8. The molecule has 3 aromatic rings. The van der Waals surface area contributed by atoms with Gasteiger partial charge in [0, 0.05) is 11.3 Å². The van der Waals surface area contributed by atoms with Crippen LogP contribution in [0.5, 0.6) is 5.75 Å². The number of hydrogen-bond acceptors (Lipinski definition) is 4. The van der Waals surface area contributed by atoms with Crippen LogP contribution in [0.1, 0.15) is 29.7 Å². The number of aromatic amines is 1. The molecule has 6 nitrogen and oxygen atoms in total. The third kappa shape index (κ3) is 3.79. The Bertz CT molecular complexity index is 1100. The van der Waals surface area contributed by atoms with E-state index in [-0.39, 0.29) is 17.2 Å². The van der Waals surface area contributed by atoms with Crippen LogP contribution in [0.3, 0.4) is 0 Å². The number of carbonyl (C=O) groups is 1. The Kier molecular flexibility index (Phi) is 5.84. The number of aromatic nitrogens is 1. The molecule has 3 rings (SSSR count). The average molecular weight is 391 g/mol. The molecule has 6 heteroatoms. The number of hydrogen-bond donors (Lipinski definition) is 4. The summed E-state index contributed by atoms with van der Waals surface area (Å²) in [5.41, 5.74) is 10.6. The van der Waals surface area contributed by atoms with Crippen LogP contribution in [0, 0.1) is 13.8 Å². The van der Waals surface area contributed by atoms with Crippen LogP contribution in [0.25, 0.3) is 22.3 Å². The molecule has 29 heavy (non-hydrogen) atoms. The number of carbonyl (C=O) groups excluding carboxylic acids is 1. The van der Waals surface area contributed by atoms with Crippen molar-refractivity contribution >= 4 is 12.1 Å². The third-order valence-electron chi connectivity index (χ3n) is 5.30. The fourth-order valence-corrected chi connectivity index (χ4v) is 3.51. The topological polar surface area (TPSA) is 108 Å². The fraction of sp³-hybridized carbons (Fsp3) is 0.217. The van der Waals surface area contributed by atoms with Crippen molar-refractivity contribution in [3.8, 4) is 28.0 Å². The number of nitrogens with one attached hydrogen (secondary N) is 2. The molecule has 1 amide bonds. The summed E-state index contributed by atoms with van der Waals surface area (Å²) < 4.78 is 0. The van der Waals surface area contributed by atoms with E-state index in [4.69, 9.17) is 5.73 Å². The highest BCUT2D eigenvalue weighted by Crippen LogP contribution is 2.40. The maximum absolute atomic E-state index is 13.0. The van der Waals surface area contributed by atoms with Crippen molar-refractivity contribution in [3.63, 3.8) is 0 Å². The molecule has 150 valence electrons. The van der Waals surface area contributed by atoms with E-state index in [1.165, 1.54) is 0 Å². The normalized spacial score (nSPS) is 11.9. The zero-order valence-corrected chi connectivity index (χ0v) is 16.7. The van der Waals surface area contributed by atoms with E-state index >= 15 is 0 Å². The number of pyridine rings is 1. The summed E-state index contributed by atoms with van der Waals surface area (Å²) in [6.45, 7) is 6.08. The van der Waals surface area contributed by atoms with Crippen LogP contribution >= 0.6 is 0 Å². The number of phenolic OH excluding ortho intramolecular Hbond substituents is 1. The summed E-state index contributed by atoms with van der Waals surface area (Å²) in [7, 11) is 0. The van der Waals surface area contributed by atoms with Crippen molar-refractivity contribution in [3.05, 3.63) is 69.6 Å². The number of phenols is 1. The first kappa shape index (κ1) is 20.4. The molecule has 0 fully saturated rings. The molecule has 0 saturated carbocycles. The van der Waals surface area contributed by atoms with E-state index in [1.807, 2.05) is 37.3 Å². The van der Waals surface area contributed by atoms with Gasteiger partial charge in [-0.3, -0.25) is 9.59 Å². The second kappa shape index (κ2) is 8.32. The van der Waals surface area contributed by atoms with Crippen LogP contribution in [0.4, 0.5) is 5.69 Å². The highest BCUT2D eigenvalue weighted by molar-refractivity contribution is 5.96. The highest BCUT2D eigenvalue weighted by atomic mass is 16.3. The van der Waals surface area contributed by atoms with Crippen molar-refractivity contribution in [2.45, 2.75) is 26.7 Å². The summed E-state index contributed by atoms with van der Waals surface area (Å²) in [5, 5.41) is 12.9. The van der Waals surface area contributed by atoms with Crippen molar-refractivity contribution in [1.82, 2.24) is 4.98 Å². The van der Waals surface area contributed by atoms with Gasteiger partial charge in [-0.1, -0.05) is 43.3 Å². The molecule has 0 spiro atoms. The maximum Gasteiger partial charge on any atom is 0.256 e. The SMILES string of the molecule is Cc1[nH]c(=O)c(-c2ccc(C(C)CN)cc2)c(-c2cccc(O)c2C)c1NC=O. The predicted octanol–water partition coefficient (Wildman–Crippen LogP) is 3.66. The molecular formula is C23H25N3O3. The molecule has 2 aromatic carbocycles. The minimum Gasteiger partial charge on any atom is -0.508 e. The Labute approximate surface area is 169 Å². The number of aryl methyl sites for hydroxylation is 1. The Hall–Kier alpha value is -3.38. The van der Waals surface area contributed by atoms with Crippen molar-refractivity contribution in [1.29, 1.82) is 0 Å². The predicted molar refractivity (Wildman–Crippen MR) is 116 cm³/mol. The summed E-state index contributed by atoms with van der Waals surface area (Å²) in [5.74, 6) is 0.330. The van der Waals surface area contributed by atoms with Gasteiger partial charge in [-0.25, -0.2) is 0 Å². The van der Waals surface area contributed by atoms with Gasteiger partial charge in [-0.15, -0.1) is 0 Å². The highest BCUT2D eigenvalue weighted by Gasteiger charge is 2.21. The van der Waals surface area contributed by atoms with E-state index in [0.717, 1.165) is 5.56 Å². The first-order valence-electron chi connectivity index (χ1n) is 9.45. The van der Waals surface area contributed by atoms with Crippen LogP contribution in [0.2, 0.25) is 0 Å². The number of rotatable bonds is 6. The van der Waals surface area contributed by atoms with Crippen LogP contribution < -0.4 is 16.6 Å². The first-order valence-corrected chi connectivity index (χ1v) is 9.45. The van der Waals surface area contributed by atoms with Crippen LogP contribution in [-0.2, 0) is 4.79 Å². The summed E-state index contributed by atoms with van der Waals surface area (Å²) >= 11 is 0. The summed E-state index contributed by atoms with van der Waals surface area (Å²) in [4.78, 5) is 27.1. The molecule has 5 N–H and O–H groups in total. The van der Waals surface area contributed by atoms with Gasteiger partial charge in [0.05, 0.1) is 11.3 Å². The van der Waals surface area contributed by atoms with E-state index in [2.05, 4.69) is 10.3 Å². The molecular weight excluding hydrogens is 366 g/mol. The quantitative estimate of drug-likeness (QED) is 0.481. The smallest absolute Gasteiger partial charge is 0.256 e. The number of aromatic hydroxyl groups is 1. The minimum atomic E-state index is -0.267. The van der Waals surface area contributed by atoms with Gasteiger partial charge in [0.1, 0.15) is 5.75 Å². The molecule has 0 bridgehead atoms. The zero-order chi connectivity index (χ0) is 21.1. The lowest BCUT2D eigenvalue weighted by atomic mass is 9.90. The summed E-state index contributed by atoms with van der Waals surface area (Å²) in [6.07, 6.45) is 0.581. The molecule has 0 saturated heterocycles. The number of benzene rings is 2. The number of H-pyrrole nitrogens is 1. The fourth-order valence-electron chi connectivity index (χ4n) is 3.51. The first-order chi connectivity index (χ1) is 13.9. The van der Waals surface area contributed by atoms with Gasteiger partial charge >= 0.3 is 0 Å². The largest absolute Gasteiger partial charge is 0.508 e. The molecule has 0 aliphatic rings. The van der Waals surface area contributed by atoms with Crippen LogP contribution in [0.15, 0.2) is 47.3 Å². The third-order valence-corrected chi connectivity index (χ3v) is 5.30. The second-order valence-corrected chi connectivity index (χ2v) is 7.17. The van der Waals surface area contributed by atoms with E-state index < -0.39 is 0 Å². The van der Waals surface area contributed by atoms with Gasteiger partial charge in [-0.05, 0) is 54.6 Å². The molecule has 1 atom stereocenters. The molecule has 1 heterocycles. The second-order valence-electron chi connectivity index (χ2n) is 7.17. The Balaban J connectivity index is 2.35. The zero-order valence-electron chi connectivity index (χ0n) is 16.7. The molecule has 1 aromatic heterocycles. The monoisotopic (exact) mass is 391 g/mol. The molecule has 0 aliphatic carbocycles. The van der Waals surface area contributed by atoms with Crippen LogP contribution in [-0.4, -0.2) is 23.0 Å². The van der Waals surface area contributed by atoms with Crippen molar-refractivity contribution < 1.29 is 9.90 Å². The minimum absolute atomic E-state index is 0.121. The molecule has 0 radical (unpaired) electrons. The van der Waals surface area contributed by atoms with Gasteiger partial charge in [0.15, 0.2) is 0 Å². The van der Waals surface area contributed by atoms with Gasteiger partial charge in [0.25, 0.3) is 5.56 Å². The number of anilines is 1. The van der Waals surface area contributed by atoms with Gasteiger partial charge in [0.2, 0.25) is 6.41 Å². The van der Waals surface area contributed by atoms with Crippen molar-refractivity contribution in [2.24, 2.45) is 5.73 Å².